The summed E-state index contributed by atoms with van der Waals surface area (Å²) < 4.78 is 5.39. The van der Waals surface area contributed by atoms with Crippen LogP contribution in [0.4, 0.5) is 0 Å². The molecule has 0 saturated heterocycles. The molecule has 0 atom stereocenters. The lowest BCUT2D eigenvalue weighted by atomic mass is 10.2. The van der Waals surface area contributed by atoms with Crippen molar-refractivity contribution in [2.75, 3.05) is 12.4 Å². The molecule has 0 heterocycles. The number of ether oxygens (including phenoxy) is 1. The van der Waals surface area contributed by atoms with Gasteiger partial charge in [-0.2, -0.15) is 0 Å². The first kappa shape index (κ1) is 20.3. The molecule has 0 bridgehead atoms. The summed E-state index contributed by atoms with van der Waals surface area (Å²) in [5.74, 6) is 0.274. The van der Waals surface area contributed by atoms with Gasteiger partial charge in [0.05, 0.1) is 5.75 Å². The highest BCUT2D eigenvalue weighted by Gasteiger charge is 2.04. The molecule has 5 nitrogen and oxygen atoms in total. The van der Waals surface area contributed by atoms with Crippen molar-refractivity contribution in [3.8, 4) is 5.75 Å². The van der Waals surface area contributed by atoms with Gasteiger partial charge in [-0.15, -0.1) is 11.8 Å². The maximum atomic E-state index is 11.8. The molecule has 27 heavy (non-hydrogen) atoms. The Hall–Kier alpha value is -2.99. The fraction of sp³-hybridized carbons (Fsp3) is 0.143. The van der Waals surface area contributed by atoms with Crippen LogP contribution in [0.5, 0.6) is 5.75 Å². The van der Waals surface area contributed by atoms with Crippen LogP contribution < -0.4 is 15.6 Å². The molecule has 0 aliphatic heterocycles. The number of thioether (sulfide) groups is 1. The lowest BCUT2D eigenvalue weighted by Crippen LogP contribution is -2.41. The minimum absolute atomic E-state index is 0.221. The van der Waals surface area contributed by atoms with Gasteiger partial charge < -0.3 is 4.74 Å². The topological polar surface area (TPSA) is 67.4 Å². The van der Waals surface area contributed by atoms with Gasteiger partial charge >= 0.3 is 0 Å². The second kappa shape index (κ2) is 10.9. The van der Waals surface area contributed by atoms with Crippen molar-refractivity contribution in [1.82, 2.24) is 10.9 Å². The van der Waals surface area contributed by atoms with Crippen LogP contribution in [0.1, 0.15) is 11.1 Å². The van der Waals surface area contributed by atoms with Gasteiger partial charge in [-0.3, -0.25) is 20.4 Å². The van der Waals surface area contributed by atoms with Crippen molar-refractivity contribution < 1.29 is 14.3 Å². The number of hydrogen-bond acceptors (Lipinski definition) is 4. The van der Waals surface area contributed by atoms with Crippen molar-refractivity contribution in [2.45, 2.75) is 11.8 Å². The average Bonchev–Trinajstić information content (AvgIpc) is 2.69. The van der Waals surface area contributed by atoms with E-state index < -0.39 is 5.91 Å². The summed E-state index contributed by atoms with van der Waals surface area (Å²) in [6.07, 6.45) is 4.68. The Morgan fingerprint density at radius 2 is 1.78 bits per heavy atom. The van der Waals surface area contributed by atoms with Crippen LogP contribution in [0.3, 0.4) is 0 Å². The van der Waals surface area contributed by atoms with Gasteiger partial charge in [0.25, 0.3) is 5.91 Å². The summed E-state index contributed by atoms with van der Waals surface area (Å²) >= 11 is 1.41. The summed E-state index contributed by atoms with van der Waals surface area (Å²) in [5.41, 5.74) is 6.77. The van der Waals surface area contributed by atoms with Gasteiger partial charge in [0.2, 0.25) is 5.91 Å². The smallest absolute Gasteiger partial charge is 0.262 e. The summed E-state index contributed by atoms with van der Waals surface area (Å²) in [4.78, 5) is 24.6. The Kier molecular flexibility index (Phi) is 8.19. The fourth-order valence-electron chi connectivity index (χ4n) is 1.99. The molecule has 0 fully saturated rings. The summed E-state index contributed by atoms with van der Waals surface area (Å²) in [6, 6.07) is 15.2. The molecule has 2 rings (SSSR count). The molecule has 140 valence electrons. The SMILES string of the molecule is C=CCOc1ccc(/C=C/C(=O)NNC(=O)CSc2ccc(C)cc2)cc1. The molecule has 6 heteroatoms. The van der Waals surface area contributed by atoms with Crippen molar-refractivity contribution >= 4 is 29.7 Å². The van der Waals surface area contributed by atoms with E-state index in [1.165, 1.54) is 23.4 Å². The minimum atomic E-state index is -0.407. The second-order valence-corrected chi connectivity index (χ2v) is 6.69. The Balaban J connectivity index is 1.71. The second-order valence-electron chi connectivity index (χ2n) is 5.64. The molecule has 0 spiro atoms. The predicted molar refractivity (Wildman–Crippen MR) is 109 cm³/mol. The fourth-order valence-corrected chi connectivity index (χ4v) is 2.69. The number of benzene rings is 2. The third-order valence-electron chi connectivity index (χ3n) is 3.39. The standard InChI is InChI=1S/C21H22N2O3S/c1-3-14-26-18-9-6-17(7-10-18)8-13-20(24)22-23-21(25)15-27-19-11-4-16(2)5-12-19/h3-13H,1,14-15H2,2H3,(H,22,24)(H,23,25)/b13-8+. The number of nitrogens with one attached hydrogen (secondary N) is 2. The molecule has 0 unspecified atom stereocenters. The van der Waals surface area contributed by atoms with Crippen molar-refractivity contribution in [3.63, 3.8) is 0 Å². The molecule has 0 aromatic heterocycles. The monoisotopic (exact) mass is 382 g/mol. The molecule has 0 saturated carbocycles. The van der Waals surface area contributed by atoms with Crippen LogP contribution in [-0.4, -0.2) is 24.2 Å². The normalized spacial score (nSPS) is 10.4. The lowest BCUT2D eigenvalue weighted by molar-refractivity contribution is -0.125. The third kappa shape index (κ3) is 7.83. The highest BCUT2D eigenvalue weighted by molar-refractivity contribution is 8.00. The Labute approximate surface area is 163 Å². The largest absolute Gasteiger partial charge is 0.490 e. The summed E-state index contributed by atoms with van der Waals surface area (Å²) in [7, 11) is 0. The zero-order valence-electron chi connectivity index (χ0n) is 15.1. The number of aryl methyl sites for hydroxylation is 1. The maximum absolute atomic E-state index is 11.8. The zero-order chi connectivity index (χ0) is 19.5. The van der Waals surface area contributed by atoms with Crippen molar-refractivity contribution in [3.05, 3.63) is 78.4 Å². The minimum Gasteiger partial charge on any atom is -0.490 e. The molecule has 2 amide bonds. The first-order valence-electron chi connectivity index (χ1n) is 8.37. The van der Waals surface area contributed by atoms with E-state index in [9.17, 15) is 9.59 Å². The molecule has 2 N–H and O–H groups in total. The first-order chi connectivity index (χ1) is 13.1. The van der Waals surface area contributed by atoms with E-state index in [0.29, 0.717) is 6.61 Å². The number of carbonyl (C=O) groups is 2. The van der Waals surface area contributed by atoms with Crippen molar-refractivity contribution in [2.24, 2.45) is 0 Å². The van der Waals surface area contributed by atoms with Crippen LogP contribution in [0, 0.1) is 6.92 Å². The van der Waals surface area contributed by atoms with Gasteiger partial charge in [0.15, 0.2) is 0 Å². The first-order valence-corrected chi connectivity index (χ1v) is 9.35. The van der Waals surface area contributed by atoms with E-state index in [-0.39, 0.29) is 11.7 Å². The number of hydrazine groups is 1. The Morgan fingerprint density at radius 3 is 2.44 bits per heavy atom. The quantitative estimate of drug-likeness (QED) is 0.317. The van der Waals surface area contributed by atoms with E-state index in [1.807, 2.05) is 55.5 Å². The van der Waals surface area contributed by atoms with Gasteiger partial charge in [-0.25, -0.2) is 0 Å². The lowest BCUT2D eigenvalue weighted by Gasteiger charge is -2.05. The Morgan fingerprint density at radius 1 is 1.07 bits per heavy atom. The van der Waals surface area contributed by atoms with E-state index in [2.05, 4.69) is 17.4 Å². The maximum Gasteiger partial charge on any atom is 0.262 e. The van der Waals surface area contributed by atoms with Gasteiger partial charge in [0, 0.05) is 11.0 Å². The predicted octanol–water partition coefficient (Wildman–Crippen LogP) is 3.51. The van der Waals surface area contributed by atoms with E-state index in [0.717, 1.165) is 16.2 Å². The van der Waals surface area contributed by atoms with E-state index in [4.69, 9.17) is 4.74 Å². The van der Waals surface area contributed by atoms with Gasteiger partial charge in [-0.1, -0.05) is 42.5 Å². The number of rotatable bonds is 8. The molecule has 0 radical (unpaired) electrons. The summed E-state index contributed by atoms with van der Waals surface area (Å²) in [6.45, 7) is 6.04. The van der Waals surface area contributed by atoms with Crippen LogP contribution in [0.2, 0.25) is 0 Å². The number of carbonyl (C=O) groups excluding carboxylic acids is 2. The van der Waals surface area contributed by atoms with Gasteiger partial charge in [-0.05, 0) is 42.8 Å². The zero-order valence-corrected chi connectivity index (χ0v) is 15.9. The highest BCUT2D eigenvalue weighted by atomic mass is 32.2. The molecule has 2 aromatic carbocycles. The van der Waals surface area contributed by atoms with Crippen LogP contribution in [0.25, 0.3) is 6.08 Å². The van der Waals surface area contributed by atoms with Gasteiger partial charge in [0.1, 0.15) is 12.4 Å². The molecular formula is C21H22N2O3S. The van der Waals surface area contributed by atoms with Crippen LogP contribution in [-0.2, 0) is 9.59 Å². The third-order valence-corrected chi connectivity index (χ3v) is 4.40. The van der Waals surface area contributed by atoms with Crippen LogP contribution in [0.15, 0.2) is 72.2 Å². The van der Waals surface area contributed by atoms with Crippen molar-refractivity contribution in [1.29, 1.82) is 0 Å². The number of hydrogen-bond donors (Lipinski definition) is 2. The molecule has 0 aliphatic rings. The average molecular weight is 382 g/mol. The van der Waals surface area contributed by atoms with E-state index >= 15 is 0 Å². The highest BCUT2D eigenvalue weighted by Crippen LogP contribution is 2.17. The Bertz CT molecular complexity index is 799. The molecule has 2 aromatic rings. The molecule has 0 aliphatic carbocycles. The number of amides is 2. The summed E-state index contributed by atoms with van der Waals surface area (Å²) in [5, 5.41) is 0. The molecular weight excluding hydrogens is 360 g/mol. The van der Waals surface area contributed by atoms with E-state index in [1.54, 1.807) is 12.2 Å². The van der Waals surface area contributed by atoms with Crippen LogP contribution >= 0.6 is 11.8 Å².